The average molecular weight is 291 g/mol. The molecule has 1 unspecified atom stereocenters. The molecule has 0 saturated heterocycles. The van der Waals surface area contributed by atoms with Crippen molar-refractivity contribution in [2.75, 3.05) is 19.8 Å². The number of para-hydroxylation sites is 1. The van der Waals surface area contributed by atoms with Crippen LogP contribution in [0.4, 0.5) is 0 Å². The fourth-order valence-electron chi connectivity index (χ4n) is 1.87. The first kappa shape index (κ1) is 15.5. The van der Waals surface area contributed by atoms with Gasteiger partial charge in [0.25, 0.3) is 5.89 Å². The van der Waals surface area contributed by atoms with Gasteiger partial charge in [-0.2, -0.15) is 4.98 Å². The smallest absolute Gasteiger partial charge is 0.261 e. The lowest BCUT2D eigenvalue weighted by molar-refractivity contribution is 0.0962. The van der Waals surface area contributed by atoms with Crippen molar-refractivity contribution in [3.63, 3.8) is 0 Å². The molecule has 1 aromatic heterocycles. The highest BCUT2D eigenvalue weighted by molar-refractivity contribution is 5.62. The maximum atomic E-state index is 6.17. The van der Waals surface area contributed by atoms with Gasteiger partial charge < -0.3 is 19.7 Å². The van der Waals surface area contributed by atoms with Gasteiger partial charge in [-0.1, -0.05) is 17.3 Å². The summed E-state index contributed by atoms with van der Waals surface area (Å²) in [5, 5.41) is 3.97. The minimum Gasteiger partial charge on any atom is -0.493 e. The summed E-state index contributed by atoms with van der Waals surface area (Å²) < 4.78 is 16.3. The lowest BCUT2D eigenvalue weighted by Crippen LogP contribution is -2.39. The van der Waals surface area contributed by atoms with E-state index in [0.717, 1.165) is 5.56 Å². The molecule has 0 aliphatic heterocycles. The van der Waals surface area contributed by atoms with Crippen LogP contribution in [0.1, 0.15) is 26.6 Å². The van der Waals surface area contributed by atoms with Crippen molar-refractivity contribution < 1.29 is 14.0 Å². The zero-order valence-electron chi connectivity index (χ0n) is 12.6. The third-order valence-electron chi connectivity index (χ3n) is 2.96. The molecule has 0 fully saturated rings. The number of ether oxygens (including phenoxy) is 2. The van der Waals surface area contributed by atoms with Crippen LogP contribution in [0.5, 0.6) is 5.75 Å². The third-order valence-corrected chi connectivity index (χ3v) is 2.96. The quantitative estimate of drug-likeness (QED) is 0.843. The van der Waals surface area contributed by atoms with Gasteiger partial charge in [-0.25, -0.2) is 0 Å². The number of nitrogens with two attached hydrogens (primary N) is 1. The van der Waals surface area contributed by atoms with Crippen LogP contribution < -0.4 is 10.5 Å². The normalized spacial score (nSPS) is 13.9. The van der Waals surface area contributed by atoms with Crippen molar-refractivity contribution in [2.45, 2.75) is 26.3 Å². The summed E-state index contributed by atoms with van der Waals surface area (Å²) in [6.07, 6.45) is 0. The molecule has 0 aliphatic carbocycles. The van der Waals surface area contributed by atoms with E-state index < -0.39 is 5.54 Å². The van der Waals surface area contributed by atoms with Crippen molar-refractivity contribution in [2.24, 2.45) is 5.73 Å². The van der Waals surface area contributed by atoms with Gasteiger partial charge in [0.1, 0.15) is 11.3 Å². The van der Waals surface area contributed by atoms with Crippen molar-refractivity contribution in [1.82, 2.24) is 10.1 Å². The predicted octanol–water partition coefficient (Wildman–Crippen LogP) is 2.35. The van der Waals surface area contributed by atoms with Gasteiger partial charge in [0.05, 0.1) is 18.8 Å². The highest BCUT2D eigenvalue weighted by Crippen LogP contribution is 2.29. The van der Waals surface area contributed by atoms with Crippen LogP contribution in [0.15, 0.2) is 28.8 Å². The van der Waals surface area contributed by atoms with E-state index in [-0.39, 0.29) is 0 Å². The fourth-order valence-corrected chi connectivity index (χ4v) is 1.87. The molecule has 21 heavy (non-hydrogen) atoms. The maximum Gasteiger partial charge on any atom is 0.261 e. The number of hydrogen-bond acceptors (Lipinski definition) is 6. The van der Waals surface area contributed by atoms with E-state index in [1.165, 1.54) is 0 Å². The number of aromatic nitrogens is 2. The number of benzene rings is 1. The zero-order chi connectivity index (χ0) is 15.3. The Morgan fingerprint density at radius 2 is 2.00 bits per heavy atom. The van der Waals surface area contributed by atoms with E-state index >= 15 is 0 Å². The number of rotatable bonds is 7. The van der Waals surface area contributed by atoms with Gasteiger partial charge in [-0.3, -0.25) is 0 Å². The Labute approximate surface area is 124 Å². The first-order valence-corrected chi connectivity index (χ1v) is 7.01. The molecule has 2 aromatic rings. The minimum atomic E-state index is -0.793. The summed E-state index contributed by atoms with van der Waals surface area (Å²) in [7, 11) is 0. The zero-order valence-corrected chi connectivity index (χ0v) is 12.6. The van der Waals surface area contributed by atoms with E-state index in [1.54, 1.807) is 0 Å². The summed E-state index contributed by atoms with van der Waals surface area (Å²) in [6.45, 7) is 7.13. The average Bonchev–Trinajstić information content (AvgIpc) is 2.97. The van der Waals surface area contributed by atoms with Gasteiger partial charge in [0, 0.05) is 6.61 Å². The monoisotopic (exact) mass is 291 g/mol. The van der Waals surface area contributed by atoms with Crippen molar-refractivity contribution in [3.05, 3.63) is 30.1 Å². The lowest BCUT2D eigenvalue weighted by atomic mass is 10.1. The van der Waals surface area contributed by atoms with Crippen LogP contribution in [0.3, 0.4) is 0 Å². The first-order valence-electron chi connectivity index (χ1n) is 7.01. The highest BCUT2D eigenvalue weighted by atomic mass is 16.5. The highest BCUT2D eigenvalue weighted by Gasteiger charge is 2.28. The maximum absolute atomic E-state index is 6.17. The Morgan fingerprint density at radius 1 is 1.24 bits per heavy atom. The van der Waals surface area contributed by atoms with Gasteiger partial charge in [-0.15, -0.1) is 0 Å². The van der Waals surface area contributed by atoms with Gasteiger partial charge in [-0.05, 0) is 32.9 Å². The molecule has 1 aromatic carbocycles. The van der Waals surface area contributed by atoms with E-state index in [1.807, 2.05) is 45.0 Å². The molecular formula is C15H21N3O3. The molecule has 1 heterocycles. The molecule has 0 saturated carbocycles. The van der Waals surface area contributed by atoms with Crippen molar-refractivity contribution >= 4 is 0 Å². The molecule has 6 heteroatoms. The van der Waals surface area contributed by atoms with Crippen LogP contribution in [0, 0.1) is 0 Å². The Bertz CT molecular complexity index is 581. The fraction of sp³-hybridized carbons (Fsp3) is 0.467. The molecule has 2 N–H and O–H groups in total. The summed E-state index contributed by atoms with van der Waals surface area (Å²) in [5.74, 6) is 1.51. The van der Waals surface area contributed by atoms with Gasteiger partial charge >= 0.3 is 0 Å². The Kier molecular flexibility index (Phi) is 4.93. The second-order valence-electron chi connectivity index (χ2n) is 4.91. The Morgan fingerprint density at radius 3 is 2.71 bits per heavy atom. The van der Waals surface area contributed by atoms with Crippen LogP contribution in [-0.4, -0.2) is 30.0 Å². The van der Waals surface area contributed by atoms with E-state index in [0.29, 0.717) is 37.3 Å². The van der Waals surface area contributed by atoms with Crippen LogP contribution in [0.25, 0.3) is 11.5 Å². The lowest BCUT2D eigenvalue weighted by Gasteiger charge is -2.19. The summed E-state index contributed by atoms with van der Waals surface area (Å²) in [4.78, 5) is 4.39. The molecule has 0 spiro atoms. The van der Waals surface area contributed by atoms with Crippen molar-refractivity contribution in [3.8, 4) is 17.2 Å². The molecule has 6 nitrogen and oxygen atoms in total. The van der Waals surface area contributed by atoms with Gasteiger partial charge in [0.2, 0.25) is 0 Å². The Hall–Kier alpha value is -1.92. The SMILES string of the molecule is CCOCC(C)(N)c1noc(-c2ccccc2OCC)n1. The summed E-state index contributed by atoms with van der Waals surface area (Å²) >= 11 is 0. The van der Waals surface area contributed by atoms with Crippen LogP contribution in [-0.2, 0) is 10.3 Å². The first-order chi connectivity index (χ1) is 10.1. The van der Waals surface area contributed by atoms with Crippen molar-refractivity contribution in [1.29, 1.82) is 0 Å². The van der Waals surface area contributed by atoms with Crippen LogP contribution >= 0.6 is 0 Å². The molecule has 2 rings (SSSR count). The van der Waals surface area contributed by atoms with E-state index in [2.05, 4.69) is 10.1 Å². The molecule has 0 aliphatic rings. The minimum absolute atomic E-state index is 0.329. The molecule has 1 atom stereocenters. The third kappa shape index (κ3) is 3.59. The van der Waals surface area contributed by atoms with E-state index in [4.69, 9.17) is 19.7 Å². The molecule has 0 radical (unpaired) electrons. The largest absolute Gasteiger partial charge is 0.493 e. The second kappa shape index (κ2) is 6.69. The van der Waals surface area contributed by atoms with Crippen LogP contribution in [0.2, 0.25) is 0 Å². The summed E-state index contributed by atoms with van der Waals surface area (Å²) in [6, 6.07) is 7.53. The number of hydrogen-bond donors (Lipinski definition) is 1. The molecule has 114 valence electrons. The second-order valence-corrected chi connectivity index (χ2v) is 4.91. The van der Waals surface area contributed by atoms with Gasteiger partial charge in [0.15, 0.2) is 5.82 Å². The Balaban J connectivity index is 2.28. The van der Waals surface area contributed by atoms with E-state index in [9.17, 15) is 0 Å². The molecule has 0 amide bonds. The molecular weight excluding hydrogens is 270 g/mol. The summed E-state index contributed by atoms with van der Waals surface area (Å²) in [5.41, 5.74) is 6.13. The molecule has 0 bridgehead atoms. The topological polar surface area (TPSA) is 83.4 Å². The predicted molar refractivity (Wildman–Crippen MR) is 78.9 cm³/mol. The standard InChI is InChI=1S/C15H21N3O3/c1-4-19-10-15(3,16)14-17-13(21-18-14)11-8-6-7-9-12(11)20-5-2/h6-9H,4-5,10,16H2,1-3H3. The number of nitrogens with zero attached hydrogens (tertiary/aromatic N) is 2.